The number of ether oxygens (including phenoxy) is 3. The Hall–Kier alpha value is -2.15. The number of benzene rings is 2. The summed E-state index contributed by atoms with van der Waals surface area (Å²) in [7, 11) is 3.29. The number of methoxy groups -OCH3 is 2. The molecule has 6 heteroatoms. The van der Waals surface area contributed by atoms with Crippen LogP contribution >= 0.6 is 0 Å². The van der Waals surface area contributed by atoms with Crippen molar-refractivity contribution in [2.24, 2.45) is 0 Å². The Morgan fingerprint density at radius 3 is 2.33 bits per heavy atom. The van der Waals surface area contributed by atoms with E-state index in [1.807, 2.05) is 12.1 Å². The quantitative estimate of drug-likeness (QED) is 0.664. The lowest BCUT2D eigenvalue weighted by Crippen LogP contribution is -2.49. The molecule has 2 saturated heterocycles. The number of hydrogen-bond acceptors (Lipinski definition) is 5. The molecule has 2 heterocycles. The number of piperidine rings is 1. The van der Waals surface area contributed by atoms with Crippen LogP contribution in [0.25, 0.3) is 0 Å². The van der Waals surface area contributed by atoms with Gasteiger partial charge in [-0.3, -0.25) is 4.90 Å². The Kier molecular flexibility index (Phi) is 6.27. The van der Waals surface area contributed by atoms with Gasteiger partial charge in [0.25, 0.3) is 0 Å². The molecule has 1 N–H and O–H groups in total. The molecule has 0 radical (unpaired) electrons. The fourth-order valence-corrected chi connectivity index (χ4v) is 4.95. The third kappa shape index (κ3) is 4.31. The molecule has 2 unspecified atom stereocenters. The molecule has 2 bridgehead atoms. The van der Waals surface area contributed by atoms with Crippen LogP contribution in [0.3, 0.4) is 0 Å². The zero-order valence-electron chi connectivity index (χ0n) is 17.6. The topological polar surface area (TPSA) is 51.2 Å². The highest BCUT2D eigenvalue weighted by Crippen LogP contribution is 2.46. The van der Waals surface area contributed by atoms with E-state index in [0.29, 0.717) is 43.9 Å². The SMILES string of the molecule is COCCOc1cc(CN2C3CCC2CC(O)(c2ccc(F)cc2)C3)ccc1OC. The molecule has 30 heavy (non-hydrogen) atoms. The Morgan fingerprint density at radius 1 is 1.00 bits per heavy atom. The summed E-state index contributed by atoms with van der Waals surface area (Å²) in [5.74, 6) is 1.16. The number of fused-ring (bicyclic) bond motifs is 2. The van der Waals surface area contributed by atoms with Gasteiger partial charge in [-0.05, 0) is 61.1 Å². The van der Waals surface area contributed by atoms with E-state index in [4.69, 9.17) is 14.2 Å². The summed E-state index contributed by atoms with van der Waals surface area (Å²) in [6.45, 7) is 1.79. The van der Waals surface area contributed by atoms with Crippen LogP contribution < -0.4 is 9.47 Å². The normalized spacial score (nSPS) is 26.0. The first-order valence-electron chi connectivity index (χ1n) is 10.6. The van der Waals surface area contributed by atoms with Crippen molar-refractivity contribution in [3.8, 4) is 11.5 Å². The smallest absolute Gasteiger partial charge is 0.161 e. The van der Waals surface area contributed by atoms with Gasteiger partial charge in [-0.15, -0.1) is 0 Å². The van der Waals surface area contributed by atoms with Gasteiger partial charge in [0.15, 0.2) is 11.5 Å². The lowest BCUT2D eigenvalue weighted by molar-refractivity contribution is -0.0595. The average molecular weight is 416 g/mol. The molecule has 0 amide bonds. The van der Waals surface area contributed by atoms with Crippen LogP contribution in [0.5, 0.6) is 11.5 Å². The molecule has 0 spiro atoms. The molecule has 2 aromatic carbocycles. The first kappa shape index (κ1) is 21.1. The second-order valence-electron chi connectivity index (χ2n) is 8.33. The fraction of sp³-hybridized carbons (Fsp3) is 0.500. The number of aliphatic hydroxyl groups is 1. The second-order valence-corrected chi connectivity index (χ2v) is 8.33. The maximum Gasteiger partial charge on any atom is 0.161 e. The summed E-state index contributed by atoms with van der Waals surface area (Å²) in [5.41, 5.74) is 1.09. The number of rotatable bonds is 8. The highest BCUT2D eigenvalue weighted by molar-refractivity contribution is 5.43. The number of halogens is 1. The summed E-state index contributed by atoms with van der Waals surface area (Å²) in [6.07, 6.45) is 3.48. The van der Waals surface area contributed by atoms with Crippen LogP contribution in [0.2, 0.25) is 0 Å². The minimum absolute atomic E-state index is 0.272. The van der Waals surface area contributed by atoms with Gasteiger partial charge in [0.1, 0.15) is 12.4 Å². The Bertz CT molecular complexity index is 843. The van der Waals surface area contributed by atoms with Gasteiger partial charge in [-0.1, -0.05) is 18.2 Å². The van der Waals surface area contributed by atoms with E-state index in [-0.39, 0.29) is 5.82 Å². The average Bonchev–Trinajstić information content (AvgIpc) is 2.98. The van der Waals surface area contributed by atoms with Crippen LogP contribution in [0.15, 0.2) is 42.5 Å². The Morgan fingerprint density at radius 2 is 1.70 bits per heavy atom. The predicted molar refractivity (Wildman–Crippen MR) is 112 cm³/mol. The van der Waals surface area contributed by atoms with Gasteiger partial charge >= 0.3 is 0 Å². The van der Waals surface area contributed by atoms with E-state index in [1.165, 1.54) is 12.1 Å². The third-order valence-corrected chi connectivity index (χ3v) is 6.44. The van der Waals surface area contributed by atoms with Crippen LogP contribution in [0.1, 0.15) is 36.8 Å². The number of hydrogen-bond donors (Lipinski definition) is 1. The van der Waals surface area contributed by atoms with Crippen molar-refractivity contribution < 1.29 is 23.7 Å². The van der Waals surface area contributed by atoms with Crippen LogP contribution in [0, 0.1) is 5.82 Å². The third-order valence-electron chi connectivity index (χ3n) is 6.44. The monoisotopic (exact) mass is 415 g/mol. The highest BCUT2D eigenvalue weighted by Gasteiger charge is 2.48. The minimum Gasteiger partial charge on any atom is -0.493 e. The molecule has 5 nitrogen and oxygen atoms in total. The largest absolute Gasteiger partial charge is 0.493 e. The van der Waals surface area contributed by atoms with Gasteiger partial charge in [0, 0.05) is 25.7 Å². The standard InChI is InChI=1S/C24H30FNO4/c1-28-11-12-30-23-13-17(3-10-22(23)29-2)16-26-20-8-9-21(26)15-24(27,14-20)18-4-6-19(25)7-5-18/h3-7,10,13,20-21,27H,8-9,11-12,14-16H2,1-2H3. The van der Waals surface area contributed by atoms with E-state index < -0.39 is 5.60 Å². The summed E-state index contributed by atoms with van der Waals surface area (Å²) in [5, 5.41) is 11.3. The van der Waals surface area contributed by atoms with Crippen LogP contribution in [-0.4, -0.2) is 49.5 Å². The maximum atomic E-state index is 13.3. The second kappa shape index (κ2) is 8.92. The highest BCUT2D eigenvalue weighted by atomic mass is 19.1. The van der Waals surface area contributed by atoms with Crippen LogP contribution in [-0.2, 0) is 16.9 Å². The molecule has 2 aliphatic rings. The fourth-order valence-electron chi connectivity index (χ4n) is 4.95. The van der Waals surface area contributed by atoms with E-state index in [0.717, 1.165) is 36.3 Å². The molecule has 0 aliphatic carbocycles. The molecule has 4 rings (SSSR count). The Labute approximate surface area is 177 Å². The summed E-state index contributed by atoms with van der Waals surface area (Å²) in [6, 6.07) is 13.0. The summed E-state index contributed by atoms with van der Waals surface area (Å²) < 4.78 is 29.6. The van der Waals surface area contributed by atoms with Crippen molar-refractivity contribution in [3.63, 3.8) is 0 Å². The van der Waals surface area contributed by atoms with Crippen LogP contribution in [0.4, 0.5) is 4.39 Å². The van der Waals surface area contributed by atoms with Gasteiger partial charge in [0.05, 0.1) is 19.3 Å². The van der Waals surface area contributed by atoms with E-state index in [1.54, 1.807) is 26.4 Å². The summed E-state index contributed by atoms with van der Waals surface area (Å²) >= 11 is 0. The van der Waals surface area contributed by atoms with Gasteiger partial charge in [0.2, 0.25) is 0 Å². The molecule has 2 aliphatic heterocycles. The first-order chi connectivity index (χ1) is 14.5. The zero-order valence-corrected chi connectivity index (χ0v) is 17.6. The lowest BCUT2D eigenvalue weighted by atomic mass is 9.80. The molecule has 2 aromatic rings. The van der Waals surface area contributed by atoms with Gasteiger partial charge < -0.3 is 19.3 Å². The lowest BCUT2D eigenvalue weighted by Gasteiger charge is -2.44. The molecule has 0 saturated carbocycles. The summed E-state index contributed by atoms with van der Waals surface area (Å²) in [4.78, 5) is 2.50. The molecule has 2 fully saturated rings. The van der Waals surface area contributed by atoms with Gasteiger partial charge in [-0.2, -0.15) is 0 Å². The molecule has 162 valence electrons. The first-order valence-corrected chi connectivity index (χ1v) is 10.6. The van der Waals surface area contributed by atoms with Crippen molar-refractivity contribution >= 4 is 0 Å². The predicted octanol–water partition coefficient (Wildman–Crippen LogP) is 3.87. The molecular formula is C24H30FNO4. The maximum absolute atomic E-state index is 13.3. The number of nitrogens with zero attached hydrogens (tertiary/aromatic N) is 1. The molecule has 2 atom stereocenters. The van der Waals surface area contributed by atoms with Gasteiger partial charge in [-0.25, -0.2) is 4.39 Å². The molecule has 0 aromatic heterocycles. The van der Waals surface area contributed by atoms with Crippen molar-refractivity contribution in [1.29, 1.82) is 0 Å². The zero-order chi connectivity index (χ0) is 21.1. The van der Waals surface area contributed by atoms with Crippen molar-refractivity contribution in [2.45, 2.75) is 49.9 Å². The van der Waals surface area contributed by atoms with E-state index >= 15 is 0 Å². The Balaban J connectivity index is 1.48. The van der Waals surface area contributed by atoms with E-state index in [2.05, 4.69) is 11.0 Å². The minimum atomic E-state index is -0.885. The molecular weight excluding hydrogens is 385 g/mol. The van der Waals surface area contributed by atoms with Crippen molar-refractivity contribution in [1.82, 2.24) is 4.90 Å². The van der Waals surface area contributed by atoms with Crippen molar-refractivity contribution in [2.75, 3.05) is 27.4 Å². The van der Waals surface area contributed by atoms with E-state index in [9.17, 15) is 9.50 Å². The van der Waals surface area contributed by atoms with Crippen molar-refractivity contribution in [3.05, 3.63) is 59.4 Å².